The van der Waals surface area contributed by atoms with Crippen molar-refractivity contribution in [3.63, 3.8) is 0 Å². The van der Waals surface area contributed by atoms with Crippen molar-refractivity contribution in [3.05, 3.63) is 29.3 Å². The summed E-state index contributed by atoms with van der Waals surface area (Å²) in [6, 6.07) is 5.91. The van der Waals surface area contributed by atoms with Crippen molar-refractivity contribution < 1.29 is 9.90 Å². The molecule has 1 aromatic rings. The summed E-state index contributed by atoms with van der Waals surface area (Å²) in [4.78, 5) is 11.8. The molecule has 98 valence electrons. The summed E-state index contributed by atoms with van der Waals surface area (Å²) in [5.41, 5.74) is 1.07. The lowest BCUT2D eigenvalue weighted by Gasteiger charge is -2.08. The van der Waals surface area contributed by atoms with Crippen LogP contribution in [0.25, 0.3) is 0 Å². The number of rotatable bonds is 6. The summed E-state index contributed by atoms with van der Waals surface area (Å²) in [6.07, 6.45) is 3.47. The Kier molecular flexibility index (Phi) is 4.20. The molecule has 1 fully saturated rings. The Hall–Kier alpha value is -1.55. The molecule has 0 aliphatic heterocycles. The number of benzene rings is 1. The van der Waals surface area contributed by atoms with E-state index in [0.29, 0.717) is 18.2 Å². The lowest BCUT2D eigenvalue weighted by molar-refractivity contribution is 0.0950. The summed E-state index contributed by atoms with van der Waals surface area (Å²) >= 11 is 0. The Morgan fingerprint density at radius 3 is 2.89 bits per heavy atom. The van der Waals surface area contributed by atoms with E-state index in [2.05, 4.69) is 10.6 Å². The van der Waals surface area contributed by atoms with Crippen LogP contribution in [0, 0.1) is 6.92 Å². The molecule has 2 rings (SSSR count). The van der Waals surface area contributed by atoms with Gasteiger partial charge in [-0.05, 0) is 44.4 Å². The number of aromatic hydroxyl groups is 1. The van der Waals surface area contributed by atoms with E-state index in [4.69, 9.17) is 0 Å². The Labute approximate surface area is 107 Å². The standard InChI is InChI=1S/C14H20N2O2/c1-10-4-2-5-12(13(10)17)14(18)16-9-3-8-15-11-6-7-11/h2,4-5,11,15,17H,3,6-9H2,1H3,(H,16,18). The minimum Gasteiger partial charge on any atom is -0.507 e. The number of hydrogen-bond acceptors (Lipinski definition) is 3. The molecule has 1 amide bonds. The third-order valence-electron chi connectivity index (χ3n) is 3.13. The van der Waals surface area contributed by atoms with E-state index >= 15 is 0 Å². The van der Waals surface area contributed by atoms with Gasteiger partial charge in [0.15, 0.2) is 0 Å². The summed E-state index contributed by atoms with van der Waals surface area (Å²) in [7, 11) is 0. The highest BCUT2D eigenvalue weighted by atomic mass is 16.3. The number of hydrogen-bond donors (Lipinski definition) is 3. The summed E-state index contributed by atoms with van der Waals surface area (Å²) in [5.74, 6) is -0.131. The fraction of sp³-hybridized carbons (Fsp3) is 0.500. The molecule has 18 heavy (non-hydrogen) atoms. The summed E-state index contributed by atoms with van der Waals surface area (Å²) < 4.78 is 0. The molecule has 3 N–H and O–H groups in total. The second-order valence-corrected chi connectivity index (χ2v) is 4.81. The average molecular weight is 248 g/mol. The molecule has 0 unspecified atom stereocenters. The zero-order chi connectivity index (χ0) is 13.0. The molecule has 4 nitrogen and oxygen atoms in total. The maximum Gasteiger partial charge on any atom is 0.255 e. The van der Waals surface area contributed by atoms with Gasteiger partial charge in [-0.2, -0.15) is 0 Å². The minimum atomic E-state index is -0.206. The van der Waals surface area contributed by atoms with E-state index in [1.807, 2.05) is 0 Å². The second kappa shape index (κ2) is 5.87. The van der Waals surface area contributed by atoms with Crippen LogP contribution in [-0.4, -0.2) is 30.1 Å². The van der Waals surface area contributed by atoms with Crippen molar-refractivity contribution in [2.45, 2.75) is 32.2 Å². The van der Waals surface area contributed by atoms with Crippen molar-refractivity contribution >= 4 is 5.91 Å². The first kappa shape index (κ1) is 12.9. The van der Waals surface area contributed by atoms with E-state index in [-0.39, 0.29) is 11.7 Å². The predicted molar refractivity (Wildman–Crippen MR) is 70.8 cm³/mol. The van der Waals surface area contributed by atoms with E-state index in [1.165, 1.54) is 12.8 Å². The van der Waals surface area contributed by atoms with Gasteiger partial charge >= 0.3 is 0 Å². The molecule has 0 spiro atoms. The Morgan fingerprint density at radius 2 is 2.17 bits per heavy atom. The molecule has 4 heteroatoms. The molecule has 0 radical (unpaired) electrons. The molecule has 0 saturated heterocycles. The number of nitrogens with one attached hydrogen (secondary N) is 2. The SMILES string of the molecule is Cc1cccc(C(=O)NCCCNC2CC2)c1O. The van der Waals surface area contributed by atoms with Crippen LogP contribution in [0.4, 0.5) is 0 Å². The number of aryl methyl sites for hydroxylation is 1. The van der Waals surface area contributed by atoms with Gasteiger partial charge in [0, 0.05) is 12.6 Å². The van der Waals surface area contributed by atoms with E-state index < -0.39 is 0 Å². The highest BCUT2D eigenvalue weighted by molar-refractivity contribution is 5.97. The van der Waals surface area contributed by atoms with Crippen LogP contribution >= 0.6 is 0 Å². The number of phenols is 1. The molecule has 0 aromatic heterocycles. The molecular weight excluding hydrogens is 228 g/mol. The van der Waals surface area contributed by atoms with E-state index in [9.17, 15) is 9.90 Å². The quantitative estimate of drug-likeness (QED) is 0.670. The lowest BCUT2D eigenvalue weighted by atomic mass is 10.1. The first-order valence-electron chi connectivity index (χ1n) is 6.48. The van der Waals surface area contributed by atoms with Crippen molar-refractivity contribution in [2.75, 3.05) is 13.1 Å². The molecular formula is C14H20N2O2. The molecule has 0 heterocycles. The van der Waals surface area contributed by atoms with Gasteiger partial charge in [0.2, 0.25) is 0 Å². The average Bonchev–Trinajstić information content (AvgIpc) is 3.16. The van der Waals surface area contributed by atoms with Crippen molar-refractivity contribution in [1.29, 1.82) is 0 Å². The zero-order valence-electron chi connectivity index (χ0n) is 10.7. The Morgan fingerprint density at radius 1 is 1.39 bits per heavy atom. The molecule has 1 saturated carbocycles. The Balaban J connectivity index is 1.74. The van der Waals surface area contributed by atoms with Gasteiger partial charge in [-0.25, -0.2) is 0 Å². The topological polar surface area (TPSA) is 61.4 Å². The molecule has 1 aliphatic carbocycles. The summed E-state index contributed by atoms with van der Waals surface area (Å²) in [6.45, 7) is 3.35. The van der Waals surface area contributed by atoms with Gasteiger partial charge in [0.1, 0.15) is 5.75 Å². The molecule has 0 bridgehead atoms. The lowest BCUT2D eigenvalue weighted by Crippen LogP contribution is -2.28. The van der Waals surface area contributed by atoms with Crippen molar-refractivity contribution in [2.24, 2.45) is 0 Å². The number of carbonyl (C=O) groups is 1. The van der Waals surface area contributed by atoms with Crippen LogP contribution in [0.1, 0.15) is 35.2 Å². The minimum absolute atomic E-state index is 0.0751. The van der Waals surface area contributed by atoms with Crippen LogP contribution in [0.2, 0.25) is 0 Å². The van der Waals surface area contributed by atoms with Crippen LogP contribution in [0.3, 0.4) is 0 Å². The first-order chi connectivity index (χ1) is 8.68. The number of phenolic OH excluding ortho intramolecular Hbond substituents is 1. The molecule has 1 aromatic carbocycles. The number of amides is 1. The molecule has 0 atom stereocenters. The van der Waals surface area contributed by atoms with Crippen molar-refractivity contribution in [3.8, 4) is 5.75 Å². The second-order valence-electron chi connectivity index (χ2n) is 4.81. The third kappa shape index (κ3) is 3.47. The van der Waals surface area contributed by atoms with Crippen LogP contribution in [0.5, 0.6) is 5.75 Å². The van der Waals surface area contributed by atoms with Gasteiger partial charge in [-0.3, -0.25) is 4.79 Å². The van der Waals surface area contributed by atoms with Gasteiger partial charge in [-0.1, -0.05) is 12.1 Å². The van der Waals surface area contributed by atoms with Gasteiger partial charge in [0.05, 0.1) is 5.56 Å². The zero-order valence-corrected chi connectivity index (χ0v) is 10.7. The van der Waals surface area contributed by atoms with Gasteiger partial charge in [-0.15, -0.1) is 0 Å². The smallest absolute Gasteiger partial charge is 0.255 e. The van der Waals surface area contributed by atoms with Gasteiger partial charge < -0.3 is 15.7 Å². The Bertz CT molecular complexity index is 428. The monoisotopic (exact) mass is 248 g/mol. The van der Waals surface area contributed by atoms with Crippen molar-refractivity contribution in [1.82, 2.24) is 10.6 Å². The normalized spacial score (nSPS) is 14.5. The fourth-order valence-electron chi connectivity index (χ4n) is 1.82. The van der Waals surface area contributed by atoms with Crippen LogP contribution in [-0.2, 0) is 0 Å². The largest absolute Gasteiger partial charge is 0.507 e. The first-order valence-corrected chi connectivity index (χ1v) is 6.48. The fourth-order valence-corrected chi connectivity index (χ4v) is 1.82. The number of para-hydroxylation sites is 1. The molecule has 1 aliphatic rings. The maximum atomic E-state index is 11.8. The van der Waals surface area contributed by atoms with E-state index in [1.54, 1.807) is 25.1 Å². The highest BCUT2D eigenvalue weighted by Crippen LogP contribution is 2.21. The third-order valence-corrected chi connectivity index (χ3v) is 3.13. The van der Waals surface area contributed by atoms with Crippen LogP contribution in [0.15, 0.2) is 18.2 Å². The van der Waals surface area contributed by atoms with Gasteiger partial charge in [0.25, 0.3) is 5.91 Å². The van der Waals surface area contributed by atoms with Crippen LogP contribution < -0.4 is 10.6 Å². The highest BCUT2D eigenvalue weighted by Gasteiger charge is 2.19. The maximum absolute atomic E-state index is 11.8. The predicted octanol–water partition coefficient (Wildman–Crippen LogP) is 1.57. The summed E-state index contributed by atoms with van der Waals surface area (Å²) in [5, 5.41) is 16.0. The van der Waals surface area contributed by atoms with E-state index in [0.717, 1.165) is 18.5 Å². The number of carbonyl (C=O) groups excluding carboxylic acids is 1.